The van der Waals surface area contributed by atoms with Crippen LogP contribution >= 0.6 is 7.14 Å². The van der Waals surface area contributed by atoms with Crippen molar-refractivity contribution >= 4 is 43.3 Å². The molecule has 9 aromatic carbocycles. The molecule has 9 aromatic rings. The zero-order chi connectivity index (χ0) is 57.4. The molecule has 0 bridgehead atoms. The highest BCUT2D eigenvalue weighted by molar-refractivity contribution is 7.87. The van der Waals surface area contributed by atoms with E-state index in [2.05, 4.69) is 0 Å². The van der Waals surface area contributed by atoms with Crippen LogP contribution in [0.3, 0.4) is 0 Å². The smallest absolute Gasteiger partial charge is 0.298 e. The molecule has 0 aliphatic rings. The molecule has 0 saturated carbocycles. The van der Waals surface area contributed by atoms with Crippen molar-refractivity contribution in [3.63, 3.8) is 0 Å². The van der Waals surface area contributed by atoms with Crippen LogP contribution in [-0.4, -0.2) is 33.1 Å². The van der Waals surface area contributed by atoms with Crippen LogP contribution in [0.5, 0.6) is 40.2 Å². The first kappa shape index (κ1) is 56.4. The van der Waals surface area contributed by atoms with E-state index >= 15 is 39.7 Å². The summed E-state index contributed by atoms with van der Waals surface area (Å²) < 4.78 is 230. The fourth-order valence-corrected chi connectivity index (χ4v) is 12.5. The lowest BCUT2D eigenvalue weighted by molar-refractivity contribution is 0.360. The summed E-state index contributed by atoms with van der Waals surface area (Å²) in [4.78, 5) is -1.35. The zero-order valence-electron chi connectivity index (χ0n) is 41.4. The first-order chi connectivity index (χ1) is 37.9. The molecule has 0 spiro atoms. The van der Waals surface area contributed by atoms with E-state index in [1.807, 2.05) is 0 Å². The number of ether oxygens (including phenoxy) is 4. The summed E-state index contributed by atoms with van der Waals surface area (Å²) in [6, 6.07) is 38.1. The third-order valence-corrected chi connectivity index (χ3v) is 17.3. The Morgan fingerprint density at radius 1 is 0.425 bits per heavy atom. The van der Waals surface area contributed by atoms with Gasteiger partial charge in [-0.05, 0) is 121 Å². The van der Waals surface area contributed by atoms with E-state index in [4.69, 9.17) is 18.9 Å². The first-order valence-corrected chi connectivity index (χ1v) is 28.1. The second-order valence-electron chi connectivity index (χ2n) is 17.9. The van der Waals surface area contributed by atoms with Crippen LogP contribution in [-0.2, 0) is 37.6 Å². The summed E-state index contributed by atoms with van der Waals surface area (Å²) in [5, 5.41) is -0.0423. The molecule has 1 unspecified atom stereocenters. The standard InChI is InChI=1S/C58H39F8O11PS2/c1-32-6-24-41(25-7-32)78(67,42-4-3-5-44(30-42)79(68,69)70)43-26-27-45(46(31-43)80(71,72)73)75-38-18-10-34(11-19-38)29-36-14-22-40(23-15-36)77-58-55(65)51(61)48(52(62)56(58)66)47-49(59)53(63)57(54(64)50(47)60)76-39-20-12-35(13-21-39)28-33-8-16-37(74-2)17-9-33/h3-27,30-31H,28-29H2,1-2H3,(H,68,69,70)(H,71,72,73). The Balaban J connectivity index is 0.895. The molecule has 1 atom stereocenters. The monoisotopic (exact) mass is 1160 g/mol. The van der Waals surface area contributed by atoms with E-state index in [0.29, 0.717) is 28.9 Å². The molecule has 0 aromatic heterocycles. The van der Waals surface area contributed by atoms with Gasteiger partial charge in [0, 0.05) is 15.9 Å². The maximum atomic E-state index is 15.6. The van der Waals surface area contributed by atoms with Crippen LogP contribution in [0.1, 0.15) is 27.8 Å². The molecule has 0 aliphatic carbocycles. The number of hydrogen-bond donors (Lipinski definition) is 2. The van der Waals surface area contributed by atoms with Gasteiger partial charge in [0.1, 0.15) is 33.6 Å². The average Bonchev–Trinajstić information content (AvgIpc) is 3.44. The van der Waals surface area contributed by atoms with Gasteiger partial charge >= 0.3 is 0 Å². The highest BCUT2D eigenvalue weighted by atomic mass is 32.2. The number of hydrogen-bond acceptors (Lipinski definition) is 9. The summed E-state index contributed by atoms with van der Waals surface area (Å²) in [6.45, 7) is 1.77. The molecule has 80 heavy (non-hydrogen) atoms. The molecule has 0 aliphatic heterocycles. The normalized spacial score (nSPS) is 12.4. The second-order valence-corrected chi connectivity index (χ2v) is 23.5. The minimum absolute atomic E-state index is 0.0678. The molecule has 9 rings (SSSR count). The maximum Gasteiger partial charge on any atom is 0.298 e. The Kier molecular flexibility index (Phi) is 15.8. The van der Waals surface area contributed by atoms with E-state index in [1.54, 1.807) is 55.5 Å². The summed E-state index contributed by atoms with van der Waals surface area (Å²) in [6.07, 6.45) is 0.585. The summed E-state index contributed by atoms with van der Waals surface area (Å²) in [5.74, 6) is -22.6. The summed E-state index contributed by atoms with van der Waals surface area (Å²) >= 11 is 0. The zero-order valence-corrected chi connectivity index (χ0v) is 43.9. The van der Waals surface area contributed by atoms with Crippen molar-refractivity contribution in [3.05, 3.63) is 238 Å². The molecule has 410 valence electrons. The van der Waals surface area contributed by atoms with E-state index in [9.17, 15) is 25.9 Å². The Morgan fingerprint density at radius 3 is 1.19 bits per heavy atom. The predicted molar refractivity (Wildman–Crippen MR) is 280 cm³/mol. The van der Waals surface area contributed by atoms with Gasteiger partial charge in [0.15, 0.2) is 30.4 Å². The van der Waals surface area contributed by atoms with Gasteiger partial charge in [-0.1, -0.05) is 90.5 Å². The number of aryl methyl sites for hydroxylation is 1. The van der Waals surface area contributed by atoms with Crippen molar-refractivity contribution in [2.75, 3.05) is 7.11 Å². The van der Waals surface area contributed by atoms with Gasteiger partial charge in [0.05, 0.1) is 23.1 Å². The molecular formula is C58H39F8O11PS2. The molecule has 2 N–H and O–H groups in total. The largest absolute Gasteiger partial charge is 0.497 e. The minimum atomic E-state index is -5.09. The summed E-state index contributed by atoms with van der Waals surface area (Å²) in [5.41, 5.74) is -0.693. The molecule has 0 saturated heterocycles. The fourth-order valence-electron chi connectivity index (χ4n) is 8.47. The second kappa shape index (κ2) is 22.4. The minimum Gasteiger partial charge on any atom is -0.497 e. The quantitative estimate of drug-likeness (QED) is 0.0386. The predicted octanol–water partition coefficient (Wildman–Crippen LogP) is 13.5. The third kappa shape index (κ3) is 11.5. The molecule has 11 nitrogen and oxygen atoms in total. The van der Waals surface area contributed by atoms with Crippen LogP contribution in [0.15, 0.2) is 174 Å². The van der Waals surface area contributed by atoms with Gasteiger partial charge in [-0.25, -0.2) is 17.6 Å². The van der Waals surface area contributed by atoms with Gasteiger partial charge in [-0.3, -0.25) is 9.11 Å². The molecule has 0 radical (unpaired) electrons. The van der Waals surface area contributed by atoms with Crippen LogP contribution in [0, 0.1) is 53.5 Å². The summed E-state index contributed by atoms with van der Waals surface area (Å²) in [7, 11) is -12.5. The Hall–Kier alpha value is -8.33. The third-order valence-electron chi connectivity index (χ3n) is 12.6. The van der Waals surface area contributed by atoms with Gasteiger partial charge in [0.25, 0.3) is 20.2 Å². The molecule has 0 amide bonds. The number of methoxy groups -OCH3 is 1. The highest BCUT2D eigenvalue weighted by Gasteiger charge is 2.37. The van der Waals surface area contributed by atoms with Crippen molar-refractivity contribution in [3.8, 4) is 51.4 Å². The van der Waals surface area contributed by atoms with E-state index in [0.717, 1.165) is 47.5 Å². The number of benzene rings is 9. The first-order valence-electron chi connectivity index (χ1n) is 23.5. The lowest BCUT2D eigenvalue weighted by atomic mass is 10.0. The van der Waals surface area contributed by atoms with Crippen LogP contribution in [0.2, 0.25) is 0 Å². The van der Waals surface area contributed by atoms with Crippen LogP contribution in [0.25, 0.3) is 11.1 Å². The topological polar surface area (TPSA) is 163 Å². The van der Waals surface area contributed by atoms with Gasteiger partial charge in [-0.2, -0.15) is 34.4 Å². The van der Waals surface area contributed by atoms with Gasteiger partial charge in [-0.15, -0.1) is 0 Å². The van der Waals surface area contributed by atoms with Crippen molar-refractivity contribution in [1.29, 1.82) is 0 Å². The average molecular weight is 1160 g/mol. The van der Waals surface area contributed by atoms with Gasteiger partial charge < -0.3 is 23.5 Å². The van der Waals surface area contributed by atoms with Crippen LogP contribution in [0.4, 0.5) is 35.1 Å². The molecule has 0 fully saturated rings. The lowest BCUT2D eigenvalue weighted by Gasteiger charge is -2.22. The fraction of sp³-hybridized carbons (Fsp3) is 0.0690. The highest BCUT2D eigenvalue weighted by Crippen LogP contribution is 2.46. The van der Waals surface area contributed by atoms with Crippen LogP contribution < -0.4 is 34.9 Å². The number of halogens is 8. The van der Waals surface area contributed by atoms with E-state index in [-0.39, 0.29) is 45.3 Å². The maximum absolute atomic E-state index is 15.6. The molecule has 0 heterocycles. The molecule has 22 heteroatoms. The van der Waals surface area contributed by atoms with E-state index in [1.165, 1.54) is 86.0 Å². The van der Waals surface area contributed by atoms with Gasteiger partial charge in [0.2, 0.25) is 34.8 Å². The number of rotatable bonds is 17. The SMILES string of the molecule is COc1ccc(Cc2ccc(Oc3c(F)c(F)c(-c4c(F)c(F)c(Oc5ccc(Cc6ccc(Oc7ccc(P(=O)(c8ccc(C)cc8)c8cccc(S(=O)(=O)O)c8)cc7S(=O)(=O)O)cc6)cc5)c(F)c4F)c(F)c3F)cc2)cc1. The Morgan fingerprint density at radius 2 is 0.800 bits per heavy atom. The Bertz CT molecular complexity index is 4080. The van der Waals surface area contributed by atoms with Crippen molar-refractivity contribution in [2.24, 2.45) is 0 Å². The lowest BCUT2D eigenvalue weighted by Crippen LogP contribution is -2.26. The Labute approximate surface area is 452 Å². The van der Waals surface area contributed by atoms with Crippen molar-refractivity contribution in [2.45, 2.75) is 29.6 Å². The van der Waals surface area contributed by atoms with E-state index < -0.39 is 106 Å². The molecular weight excluding hydrogens is 1120 g/mol. The van der Waals surface area contributed by atoms with Crippen molar-refractivity contribution < 1.29 is 84.6 Å². The van der Waals surface area contributed by atoms with Crippen molar-refractivity contribution in [1.82, 2.24) is 0 Å².